The number of carbonyl (C=O) groups is 1. The predicted octanol–water partition coefficient (Wildman–Crippen LogP) is 5.35. The Bertz CT molecular complexity index is 1110. The minimum Gasteiger partial charge on any atom is -0.325 e. The topological polar surface area (TPSA) is 63.1 Å². The molecule has 0 saturated heterocycles. The van der Waals surface area contributed by atoms with Gasteiger partial charge in [-0.15, -0.1) is 10.2 Å². The van der Waals surface area contributed by atoms with Crippen LogP contribution in [0, 0.1) is 0 Å². The summed E-state index contributed by atoms with van der Waals surface area (Å²) in [7, 11) is 3.85. The maximum absolute atomic E-state index is 13.3. The highest BCUT2D eigenvalue weighted by Crippen LogP contribution is 2.36. The fourth-order valence-corrected chi connectivity index (χ4v) is 3.95. The third-order valence-electron chi connectivity index (χ3n) is 4.97. The van der Waals surface area contributed by atoms with Gasteiger partial charge in [-0.25, -0.2) is 0 Å². The van der Waals surface area contributed by atoms with E-state index in [1.54, 1.807) is 0 Å². The molecule has 1 N–H and O–H groups in total. The largest absolute Gasteiger partial charge is 0.418 e. The van der Waals surface area contributed by atoms with Crippen molar-refractivity contribution >= 4 is 35.0 Å². The summed E-state index contributed by atoms with van der Waals surface area (Å²) in [6.45, 7) is 2.49. The number of alkyl halides is 3. The van der Waals surface area contributed by atoms with E-state index in [2.05, 4.69) is 15.5 Å². The molecule has 0 bridgehead atoms. The van der Waals surface area contributed by atoms with Crippen molar-refractivity contribution in [3.8, 4) is 0 Å². The molecule has 0 spiro atoms. The lowest BCUT2D eigenvalue weighted by atomic mass is 10.1. The molecule has 2 aromatic carbocycles. The van der Waals surface area contributed by atoms with E-state index in [-0.39, 0.29) is 22.5 Å². The number of nitrogens with zero attached hydrogens (tertiary/aromatic N) is 4. The van der Waals surface area contributed by atoms with E-state index in [0.29, 0.717) is 11.7 Å². The van der Waals surface area contributed by atoms with Gasteiger partial charge in [-0.1, -0.05) is 53.7 Å². The average molecular weight is 498 g/mol. The maximum atomic E-state index is 13.3. The number of hydrogen-bond donors (Lipinski definition) is 1. The molecule has 0 fully saturated rings. The molecule has 3 rings (SSSR count). The van der Waals surface area contributed by atoms with Crippen molar-refractivity contribution in [1.29, 1.82) is 0 Å². The zero-order valence-electron chi connectivity index (χ0n) is 18.2. The summed E-state index contributed by atoms with van der Waals surface area (Å²) in [5.41, 5.74) is -0.306. The van der Waals surface area contributed by atoms with Gasteiger partial charge in [-0.2, -0.15) is 13.2 Å². The van der Waals surface area contributed by atoms with Gasteiger partial charge >= 0.3 is 6.18 Å². The Kier molecular flexibility index (Phi) is 8.04. The lowest BCUT2D eigenvalue weighted by Gasteiger charge is -2.20. The lowest BCUT2D eigenvalue weighted by molar-refractivity contribution is -0.137. The van der Waals surface area contributed by atoms with Crippen molar-refractivity contribution in [2.24, 2.45) is 0 Å². The molecule has 0 aliphatic heterocycles. The van der Waals surface area contributed by atoms with Crippen LogP contribution in [0.5, 0.6) is 0 Å². The van der Waals surface area contributed by atoms with Gasteiger partial charge in [0.15, 0.2) is 11.0 Å². The second-order valence-corrected chi connectivity index (χ2v) is 8.96. The van der Waals surface area contributed by atoms with Gasteiger partial charge in [0.1, 0.15) is 0 Å². The highest BCUT2D eigenvalue weighted by Gasteiger charge is 2.34. The van der Waals surface area contributed by atoms with E-state index in [0.717, 1.165) is 35.3 Å². The fraction of sp³-hybridized carbons (Fsp3) is 0.318. The highest BCUT2D eigenvalue weighted by molar-refractivity contribution is 7.99. The van der Waals surface area contributed by atoms with Crippen molar-refractivity contribution in [2.45, 2.75) is 30.8 Å². The third kappa shape index (κ3) is 6.49. The van der Waals surface area contributed by atoms with Crippen molar-refractivity contribution in [3.05, 3.63) is 70.5 Å². The number of rotatable bonds is 8. The van der Waals surface area contributed by atoms with E-state index in [1.165, 1.54) is 6.07 Å². The number of halogens is 4. The summed E-state index contributed by atoms with van der Waals surface area (Å²) in [5.74, 6) is -0.00321. The van der Waals surface area contributed by atoms with Crippen LogP contribution in [-0.2, 0) is 17.5 Å². The Morgan fingerprint density at radius 2 is 1.88 bits per heavy atom. The summed E-state index contributed by atoms with van der Waals surface area (Å²) in [6, 6.07) is 12.9. The Balaban J connectivity index is 1.78. The van der Waals surface area contributed by atoms with Crippen LogP contribution in [0.2, 0.25) is 5.02 Å². The average Bonchev–Trinajstić information content (AvgIpc) is 3.15. The summed E-state index contributed by atoms with van der Waals surface area (Å²) >= 11 is 6.81. The van der Waals surface area contributed by atoms with Gasteiger partial charge in [-0.3, -0.25) is 9.69 Å². The van der Waals surface area contributed by atoms with Gasteiger partial charge in [-0.05, 0) is 44.8 Å². The van der Waals surface area contributed by atoms with Crippen LogP contribution >= 0.6 is 23.4 Å². The molecule has 11 heteroatoms. The number of benzene rings is 2. The van der Waals surface area contributed by atoms with Gasteiger partial charge in [0.2, 0.25) is 5.91 Å². The number of thioether (sulfide) groups is 1. The molecular weight excluding hydrogens is 475 g/mol. The number of nitrogens with one attached hydrogen (secondary N) is 1. The van der Waals surface area contributed by atoms with E-state index < -0.39 is 17.6 Å². The molecule has 1 amide bonds. The molecule has 0 aliphatic rings. The summed E-state index contributed by atoms with van der Waals surface area (Å²) in [6.07, 6.45) is -4.65. The second kappa shape index (κ2) is 10.6. The van der Waals surface area contributed by atoms with Gasteiger partial charge in [0.25, 0.3) is 0 Å². The lowest BCUT2D eigenvalue weighted by Crippen LogP contribution is -2.22. The minimum atomic E-state index is -4.65. The van der Waals surface area contributed by atoms with Crippen LogP contribution < -0.4 is 5.32 Å². The normalized spacial score (nSPS) is 12.7. The van der Waals surface area contributed by atoms with Gasteiger partial charge in [0, 0.05) is 5.02 Å². The van der Waals surface area contributed by atoms with Crippen LogP contribution in [0.15, 0.2) is 53.7 Å². The Labute approximate surface area is 199 Å². The Hall–Kier alpha value is -2.56. The molecule has 33 heavy (non-hydrogen) atoms. The van der Waals surface area contributed by atoms with Crippen LogP contribution in [0.4, 0.5) is 18.9 Å². The molecule has 1 atom stereocenters. The first-order valence-corrected chi connectivity index (χ1v) is 11.4. The number of carbonyl (C=O) groups excluding carboxylic acids is 1. The van der Waals surface area contributed by atoms with Crippen LogP contribution in [0.25, 0.3) is 0 Å². The first-order chi connectivity index (χ1) is 15.6. The maximum Gasteiger partial charge on any atom is 0.418 e. The smallest absolute Gasteiger partial charge is 0.325 e. The van der Waals surface area contributed by atoms with Gasteiger partial charge in [0.05, 0.1) is 29.6 Å². The van der Waals surface area contributed by atoms with Crippen LogP contribution in [0.3, 0.4) is 0 Å². The number of anilines is 1. The molecule has 0 aliphatic carbocycles. The first kappa shape index (κ1) is 25.1. The van der Waals surface area contributed by atoms with Crippen molar-refractivity contribution in [2.75, 3.05) is 25.2 Å². The molecule has 1 heterocycles. The Morgan fingerprint density at radius 3 is 2.52 bits per heavy atom. The van der Waals surface area contributed by atoms with Gasteiger partial charge < -0.3 is 9.88 Å². The monoisotopic (exact) mass is 497 g/mol. The summed E-state index contributed by atoms with van der Waals surface area (Å²) < 4.78 is 41.8. The Morgan fingerprint density at radius 1 is 1.18 bits per heavy atom. The molecule has 0 unspecified atom stereocenters. The molecule has 1 aromatic heterocycles. The zero-order valence-corrected chi connectivity index (χ0v) is 19.8. The van der Waals surface area contributed by atoms with E-state index in [4.69, 9.17) is 11.6 Å². The highest BCUT2D eigenvalue weighted by atomic mass is 35.5. The number of amides is 1. The number of aromatic nitrogens is 3. The van der Waals surface area contributed by atoms with Crippen molar-refractivity contribution < 1.29 is 18.0 Å². The molecule has 0 saturated carbocycles. The zero-order chi connectivity index (χ0) is 24.2. The van der Waals surface area contributed by atoms with Crippen molar-refractivity contribution in [3.63, 3.8) is 0 Å². The second-order valence-electron chi connectivity index (χ2n) is 7.58. The molecule has 3 aromatic rings. The van der Waals surface area contributed by atoms with Crippen molar-refractivity contribution in [1.82, 2.24) is 19.7 Å². The minimum absolute atomic E-state index is 0.0344. The molecule has 0 radical (unpaired) electrons. The fourth-order valence-electron chi connectivity index (χ4n) is 3.04. The standard InChI is InChI=1S/C22H23ClF3N5OS/c1-14(30(2)3)20-28-29-21(31(20)12-15-7-5-4-6-8-15)33-13-19(32)27-18-10-9-16(23)11-17(18)22(24,25)26/h4-11,14H,12-13H2,1-3H3,(H,27,32)/t14-/m1/s1. The van der Waals surface area contributed by atoms with Crippen LogP contribution in [0.1, 0.15) is 29.9 Å². The summed E-state index contributed by atoms with van der Waals surface area (Å²) in [5, 5.41) is 11.3. The molecule has 176 valence electrons. The SMILES string of the molecule is C[C@H](c1nnc(SCC(=O)Nc2ccc(Cl)cc2C(F)(F)F)n1Cc1ccccc1)N(C)C. The predicted molar refractivity (Wildman–Crippen MR) is 123 cm³/mol. The summed E-state index contributed by atoms with van der Waals surface area (Å²) in [4.78, 5) is 14.5. The third-order valence-corrected chi connectivity index (χ3v) is 6.17. The number of hydrogen-bond acceptors (Lipinski definition) is 5. The quantitative estimate of drug-likeness (QED) is 0.425. The first-order valence-electron chi connectivity index (χ1n) is 9.99. The molecule has 6 nitrogen and oxygen atoms in total. The van der Waals surface area contributed by atoms with E-state index in [1.807, 2.05) is 60.8 Å². The van der Waals surface area contributed by atoms with Crippen LogP contribution in [-0.4, -0.2) is 45.4 Å². The van der Waals surface area contributed by atoms with E-state index >= 15 is 0 Å². The molecular formula is C22H23ClF3N5OS. The van der Waals surface area contributed by atoms with E-state index in [9.17, 15) is 18.0 Å².